The SMILES string of the molecule is C[C@H]1CCn2cc(-c3cccc(Cl)c3)nc2C1. The van der Waals surface area contributed by atoms with Crippen molar-refractivity contribution in [2.45, 2.75) is 26.3 Å². The largest absolute Gasteiger partial charge is 0.334 e. The summed E-state index contributed by atoms with van der Waals surface area (Å²) in [5, 5.41) is 0.766. The zero-order chi connectivity index (χ0) is 11.8. The molecule has 0 fully saturated rings. The Hall–Kier alpha value is -1.28. The summed E-state index contributed by atoms with van der Waals surface area (Å²) in [5.74, 6) is 1.95. The van der Waals surface area contributed by atoms with Gasteiger partial charge in [0.15, 0.2) is 0 Å². The molecule has 1 aromatic carbocycles. The highest BCUT2D eigenvalue weighted by atomic mass is 35.5. The highest BCUT2D eigenvalue weighted by Crippen LogP contribution is 2.26. The standard InChI is InChI=1S/C14H15ClN2/c1-10-5-6-17-9-13(16-14(17)7-10)11-3-2-4-12(15)8-11/h2-4,8-10H,5-7H2,1H3/t10-/m0/s1. The second kappa shape index (κ2) is 4.19. The van der Waals surface area contributed by atoms with Crippen LogP contribution in [-0.4, -0.2) is 9.55 Å². The number of hydrogen-bond acceptors (Lipinski definition) is 1. The topological polar surface area (TPSA) is 17.8 Å². The average Bonchev–Trinajstić information content (AvgIpc) is 2.72. The molecule has 0 saturated heterocycles. The smallest absolute Gasteiger partial charge is 0.109 e. The maximum absolute atomic E-state index is 6.01. The molecule has 0 N–H and O–H groups in total. The van der Waals surface area contributed by atoms with E-state index in [9.17, 15) is 0 Å². The fraction of sp³-hybridized carbons (Fsp3) is 0.357. The average molecular weight is 247 g/mol. The number of halogens is 1. The molecular weight excluding hydrogens is 232 g/mol. The highest BCUT2D eigenvalue weighted by molar-refractivity contribution is 6.30. The van der Waals surface area contributed by atoms with Gasteiger partial charge >= 0.3 is 0 Å². The van der Waals surface area contributed by atoms with Gasteiger partial charge in [-0.3, -0.25) is 0 Å². The second-order valence-corrected chi connectivity index (χ2v) is 5.28. The summed E-state index contributed by atoms with van der Waals surface area (Å²) < 4.78 is 2.27. The summed E-state index contributed by atoms with van der Waals surface area (Å²) in [7, 11) is 0. The maximum Gasteiger partial charge on any atom is 0.109 e. The second-order valence-electron chi connectivity index (χ2n) is 4.84. The Morgan fingerprint density at radius 2 is 2.29 bits per heavy atom. The molecule has 2 heterocycles. The number of imidazole rings is 1. The lowest BCUT2D eigenvalue weighted by Gasteiger charge is -2.18. The monoisotopic (exact) mass is 246 g/mol. The molecule has 17 heavy (non-hydrogen) atoms. The van der Waals surface area contributed by atoms with Gasteiger partial charge in [-0.2, -0.15) is 0 Å². The molecular formula is C14H15ClN2. The van der Waals surface area contributed by atoms with Crippen molar-refractivity contribution in [3.8, 4) is 11.3 Å². The third-order valence-corrected chi connectivity index (χ3v) is 3.61. The first-order valence-corrected chi connectivity index (χ1v) is 6.42. The van der Waals surface area contributed by atoms with Gasteiger partial charge in [0.1, 0.15) is 5.82 Å². The molecule has 2 aromatic rings. The van der Waals surface area contributed by atoms with E-state index in [1.807, 2.05) is 18.2 Å². The normalized spacial score (nSPS) is 19.1. The van der Waals surface area contributed by atoms with Crippen molar-refractivity contribution in [2.24, 2.45) is 5.92 Å². The predicted octanol–water partition coefficient (Wildman–Crippen LogP) is 3.79. The summed E-state index contributed by atoms with van der Waals surface area (Å²) >= 11 is 6.01. The van der Waals surface area contributed by atoms with Crippen molar-refractivity contribution < 1.29 is 0 Å². The lowest BCUT2D eigenvalue weighted by molar-refractivity contribution is 0.409. The summed E-state index contributed by atoms with van der Waals surface area (Å²) in [6.07, 6.45) is 4.48. The molecule has 88 valence electrons. The molecule has 0 unspecified atom stereocenters. The van der Waals surface area contributed by atoms with Crippen LogP contribution in [0.25, 0.3) is 11.3 Å². The fourth-order valence-electron chi connectivity index (χ4n) is 2.37. The van der Waals surface area contributed by atoms with Crippen molar-refractivity contribution in [2.75, 3.05) is 0 Å². The van der Waals surface area contributed by atoms with Crippen LogP contribution in [0.5, 0.6) is 0 Å². The van der Waals surface area contributed by atoms with Crippen LogP contribution in [0.15, 0.2) is 30.5 Å². The van der Waals surface area contributed by atoms with E-state index in [0.29, 0.717) is 0 Å². The molecule has 0 radical (unpaired) electrons. The van der Waals surface area contributed by atoms with E-state index in [2.05, 4.69) is 23.8 Å². The number of benzene rings is 1. The molecule has 3 rings (SSSR count). The Morgan fingerprint density at radius 1 is 1.41 bits per heavy atom. The number of rotatable bonds is 1. The van der Waals surface area contributed by atoms with E-state index in [4.69, 9.17) is 16.6 Å². The van der Waals surface area contributed by atoms with Gasteiger partial charge in [-0.25, -0.2) is 4.98 Å². The molecule has 3 heteroatoms. The van der Waals surface area contributed by atoms with Crippen LogP contribution >= 0.6 is 11.6 Å². The van der Waals surface area contributed by atoms with Crippen LogP contribution in [0.3, 0.4) is 0 Å². The van der Waals surface area contributed by atoms with Gasteiger partial charge in [-0.1, -0.05) is 30.7 Å². The quantitative estimate of drug-likeness (QED) is 0.749. The van der Waals surface area contributed by atoms with E-state index >= 15 is 0 Å². The molecule has 0 bridgehead atoms. The minimum Gasteiger partial charge on any atom is -0.334 e. The molecule has 1 aromatic heterocycles. The lowest BCUT2D eigenvalue weighted by atomic mass is 10.0. The summed E-state index contributed by atoms with van der Waals surface area (Å²) in [4.78, 5) is 4.72. The van der Waals surface area contributed by atoms with Gasteiger partial charge in [0, 0.05) is 29.7 Å². The number of aryl methyl sites for hydroxylation is 1. The molecule has 0 saturated carbocycles. The molecule has 0 amide bonds. The van der Waals surface area contributed by atoms with Gasteiger partial charge in [-0.15, -0.1) is 0 Å². The van der Waals surface area contributed by atoms with E-state index < -0.39 is 0 Å². The number of aromatic nitrogens is 2. The van der Waals surface area contributed by atoms with Crippen molar-refractivity contribution in [1.82, 2.24) is 9.55 Å². The zero-order valence-corrected chi connectivity index (χ0v) is 10.6. The fourth-order valence-corrected chi connectivity index (χ4v) is 2.56. The summed E-state index contributed by atoms with van der Waals surface area (Å²) in [6.45, 7) is 3.38. The third kappa shape index (κ3) is 2.09. The first-order chi connectivity index (χ1) is 8.22. The van der Waals surface area contributed by atoms with E-state index in [0.717, 1.165) is 35.2 Å². The molecule has 2 nitrogen and oxygen atoms in total. The Morgan fingerprint density at radius 3 is 3.12 bits per heavy atom. The van der Waals surface area contributed by atoms with Gasteiger partial charge in [-0.05, 0) is 24.5 Å². The summed E-state index contributed by atoms with van der Waals surface area (Å²) in [5.41, 5.74) is 2.14. The van der Waals surface area contributed by atoms with E-state index in [1.165, 1.54) is 12.2 Å². The minimum absolute atomic E-state index is 0.747. The van der Waals surface area contributed by atoms with Crippen LogP contribution in [-0.2, 0) is 13.0 Å². The van der Waals surface area contributed by atoms with Crippen LogP contribution < -0.4 is 0 Å². The van der Waals surface area contributed by atoms with Crippen molar-refractivity contribution in [1.29, 1.82) is 0 Å². The van der Waals surface area contributed by atoms with Crippen molar-refractivity contribution in [3.05, 3.63) is 41.3 Å². The Balaban J connectivity index is 2.00. The maximum atomic E-state index is 6.01. The van der Waals surface area contributed by atoms with Crippen LogP contribution in [0, 0.1) is 5.92 Å². The number of nitrogens with zero attached hydrogens (tertiary/aromatic N) is 2. The van der Waals surface area contributed by atoms with Gasteiger partial charge in [0.2, 0.25) is 0 Å². The Bertz CT molecular complexity index is 545. The molecule has 1 atom stereocenters. The van der Waals surface area contributed by atoms with Crippen LogP contribution in [0.4, 0.5) is 0 Å². The number of fused-ring (bicyclic) bond motifs is 1. The van der Waals surface area contributed by atoms with Crippen molar-refractivity contribution in [3.63, 3.8) is 0 Å². The van der Waals surface area contributed by atoms with Crippen molar-refractivity contribution >= 4 is 11.6 Å². The van der Waals surface area contributed by atoms with Crippen LogP contribution in [0.1, 0.15) is 19.2 Å². The molecule has 0 spiro atoms. The van der Waals surface area contributed by atoms with E-state index in [1.54, 1.807) is 0 Å². The molecule has 1 aliphatic heterocycles. The highest BCUT2D eigenvalue weighted by Gasteiger charge is 2.17. The minimum atomic E-state index is 0.747. The zero-order valence-electron chi connectivity index (χ0n) is 9.86. The third-order valence-electron chi connectivity index (χ3n) is 3.37. The van der Waals surface area contributed by atoms with E-state index in [-0.39, 0.29) is 0 Å². The molecule has 1 aliphatic rings. The molecule has 0 aliphatic carbocycles. The lowest BCUT2D eigenvalue weighted by Crippen LogP contribution is -2.16. The number of hydrogen-bond donors (Lipinski definition) is 0. The van der Waals surface area contributed by atoms with Gasteiger partial charge in [0.25, 0.3) is 0 Å². The predicted molar refractivity (Wildman–Crippen MR) is 70.2 cm³/mol. The Labute approximate surface area is 106 Å². The first kappa shape index (κ1) is 10.8. The summed E-state index contributed by atoms with van der Waals surface area (Å²) in [6, 6.07) is 7.89. The van der Waals surface area contributed by atoms with Gasteiger partial charge < -0.3 is 4.57 Å². The first-order valence-electron chi connectivity index (χ1n) is 6.04. The Kier molecular flexibility index (Phi) is 2.67. The van der Waals surface area contributed by atoms with Gasteiger partial charge in [0.05, 0.1) is 5.69 Å². The van der Waals surface area contributed by atoms with Crippen LogP contribution in [0.2, 0.25) is 5.02 Å².